The molecule has 0 unspecified atom stereocenters. The Balaban J connectivity index is 2.07. The zero-order valence-corrected chi connectivity index (χ0v) is 9.32. The van der Waals surface area contributed by atoms with Gasteiger partial charge in [0.05, 0.1) is 12.2 Å². The molecule has 0 atom stereocenters. The van der Waals surface area contributed by atoms with Crippen LogP contribution in [0.4, 0.5) is 11.5 Å². The first-order chi connectivity index (χ1) is 7.65. The molecule has 2 aromatic heterocycles. The van der Waals surface area contributed by atoms with Gasteiger partial charge >= 0.3 is 0 Å². The fourth-order valence-electron chi connectivity index (χ4n) is 1.16. The largest absolute Gasteiger partial charge is 0.396 e. The zero-order valence-electron chi connectivity index (χ0n) is 8.57. The Labute approximate surface area is 96.8 Å². The topological polar surface area (TPSA) is 89.9 Å². The molecule has 0 aliphatic carbocycles. The number of nitrogens with two attached hydrogens (primary N) is 1. The summed E-state index contributed by atoms with van der Waals surface area (Å²) < 4.78 is 4.93. The number of anilines is 2. The Bertz CT molecular complexity index is 498. The lowest BCUT2D eigenvalue weighted by molar-refractivity contribution is 0.379. The normalized spacial score (nSPS) is 10.4. The van der Waals surface area contributed by atoms with E-state index in [2.05, 4.69) is 20.4 Å². The van der Waals surface area contributed by atoms with Gasteiger partial charge < -0.3 is 15.6 Å². The molecule has 0 saturated carbocycles. The van der Waals surface area contributed by atoms with Gasteiger partial charge in [-0.2, -0.15) is 4.98 Å². The van der Waals surface area contributed by atoms with Crippen molar-refractivity contribution in [3.8, 4) is 0 Å². The number of aryl methyl sites for hydroxylation is 1. The summed E-state index contributed by atoms with van der Waals surface area (Å²) in [6, 6.07) is 3.30. The van der Waals surface area contributed by atoms with Gasteiger partial charge in [0.1, 0.15) is 5.15 Å². The monoisotopic (exact) mass is 239 g/mol. The molecule has 6 nitrogen and oxygen atoms in total. The van der Waals surface area contributed by atoms with Crippen molar-refractivity contribution in [2.24, 2.45) is 0 Å². The number of pyridine rings is 1. The molecule has 16 heavy (non-hydrogen) atoms. The average molecular weight is 240 g/mol. The standard InChI is InChI=1S/C9H10ClN5O/c1-5-13-8(16-15-5)4-12-9-6(11)2-3-7(10)14-9/h2-3H,4,11H2,1H3,(H,12,14). The van der Waals surface area contributed by atoms with Crippen molar-refractivity contribution in [1.82, 2.24) is 15.1 Å². The van der Waals surface area contributed by atoms with Crippen molar-refractivity contribution < 1.29 is 4.52 Å². The molecule has 3 N–H and O–H groups in total. The maximum absolute atomic E-state index is 5.74. The van der Waals surface area contributed by atoms with E-state index in [1.54, 1.807) is 19.1 Å². The molecule has 0 radical (unpaired) electrons. The molecule has 2 heterocycles. The lowest BCUT2D eigenvalue weighted by Gasteiger charge is -2.05. The van der Waals surface area contributed by atoms with Crippen molar-refractivity contribution in [2.45, 2.75) is 13.5 Å². The maximum Gasteiger partial charge on any atom is 0.245 e. The molecule has 7 heteroatoms. The number of halogens is 1. The molecular weight excluding hydrogens is 230 g/mol. The van der Waals surface area contributed by atoms with Crippen LogP contribution in [0.1, 0.15) is 11.7 Å². The highest BCUT2D eigenvalue weighted by molar-refractivity contribution is 6.29. The summed E-state index contributed by atoms with van der Waals surface area (Å²) in [6.07, 6.45) is 0. The van der Waals surface area contributed by atoms with E-state index in [4.69, 9.17) is 21.9 Å². The Morgan fingerprint density at radius 2 is 2.25 bits per heavy atom. The molecular formula is C9H10ClN5O. The second-order valence-electron chi connectivity index (χ2n) is 3.16. The van der Waals surface area contributed by atoms with Gasteiger partial charge in [0.25, 0.3) is 0 Å². The van der Waals surface area contributed by atoms with Crippen molar-refractivity contribution in [3.05, 3.63) is 29.0 Å². The van der Waals surface area contributed by atoms with Crippen LogP contribution in [0.25, 0.3) is 0 Å². The van der Waals surface area contributed by atoms with E-state index in [1.807, 2.05) is 0 Å². The van der Waals surface area contributed by atoms with Gasteiger partial charge in [-0.3, -0.25) is 0 Å². The first kappa shape index (κ1) is 10.7. The highest BCUT2D eigenvalue weighted by Crippen LogP contribution is 2.18. The Hall–Kier alpha value is -1.82. The van der Waals surface area contributed by atoms with Gasteiger partial charge in [0.2, 0.25) is 5.89 Å². The summed E-state index contributed by atoms with van der Waals surface area (Å²) in [7, 11) is 0. The fraction of sp³-hybridized carbons (Fsp3) is 0.222. The summed E-state index contributed by atoms with van der Waals surface area (Å²) in [6.45, 7) is 2.11. The summed E-state index contributed by atoms with van der Waals surface area (Å²) in [4.78, 5) is 8.07. The van der Waals surface area contributed by atoms with E-state index in [0.717, 1.165) is 0 Å². The summed E-state index contributed by atoms with van der Waals surface area (Å²) in [5.74, 6) is 1.56. The lowest BCUT2D eigenvalue weighted by Crippen LogP contribution is -2.04. The average Bonchev–Trinajstić information content (AvgIpc) is 2.66. The third kappa shape index (κ3) is 2.40. The van der Waals surface area contributed by atoms with Crippen LogP contribution in [0.15, 0.2) is 16.7 Å². The molecule has 2 rings (SSSR count). The third-order valence-corrected chi connectivity index (χ3v) is 2.08. The van der Waals surface area contributed by atoms with Crippen LogP contribution in [-0.4, -0.2) is 15.1 Å². The minimum atomic E-state index is 0.360. The quantitative estimate of drug-likeness (QED) is 0.791. The van der Waals surface area contributed by atoms with E-state index in [-0.39, 0.29) is 0 Å². The molecule has 0 aliphatic heterocycles. The Kier molecular flexibility index (Phi) is 2.91. The molecule has 0 spiro atoms. The van der Waals surface area contributed by atoms with Crippen LogP contribution < -0.4 is 11.1 Å². The molecule has 0 saturated heterocycles. The van der Waals surface area contributed by atoms with Crippen LogP contribution in [0, 0.1) is 6.92 Å². The second-order valence-corrected chi connectivity index (χ2v) is 3.55. The SMILES string of the molecule is Cc1noc(CNc2nc(Cl)ccc2N)n1. The first-order valence-electron chi connectivity index (χ1n) is 4.60. The van der Waals surface area contributed by atoms with E-state index < -0.39 is 0 Å². The highest BCUT2D eigenvalue weighted by Gasteiger charge is 2.05. The van der Waals surface area contributed by atoms with Gasteiger partial charge in [-0.1, -0.05) is 16.8 Å². The maximum atomic E-state index is 5.74. The van der Waals surface area contributed by atoms with E-state index in [0.29, 0.717) is 34.9 Å². The number of nitrogens with zero attached hydrogens (tertiary/aromatic N) is 3. The van der Waals surface area contributed by atoms with Crippen LogP contribution in [0.5, 0.6) is 0 Å². The van der Waals surface area contributed by atoms with Gasteiger partial charge in [0.15, 0.2) is 11.6 Å². The van der Waals surface area contributed by atoms with Gasteiger partial charge in [0, 0.05) is 0 Å². The molecule has 0 aliphatic rings. The predicted octanol–water partition coefficient (Wildman–Crippen LogP) is 1.62. The van der Waals surface area contributed by atoms with Crippen molar-refractivity contribution in [3.63, 3.8) is 0 Å². The molecule has 2 aromatic rings. The molecule has 84 valence electrons. The third-order valence-electron chi connectivity index (χ3n) is 1.87. The molecule has 0 aromatic carbocycles. The van der Waals surface area contributed by atoms with Crippen molar-refractivity contribution in [2.75, 3.05) is 11.1 Å². The highest BCUT2D eigenvalue weighted by atomic mass is 35.5. The van der Waals surface area contributed by atoms with E-state index in [1.165, 1.54) is 0 Å². The number of hydrogen-bond acceptors (Lipinski definition) is 6. The van der Waals surface area contributed by atoms with Gasteiger partial charge in [-0.05, 0) is 19.1 Å². The van der Waals surface area contributed by atoms with Crippen molar-refractivity contribution in [1.29, 1.82) is 0 Å². The minimum Gasteiger partial charge on any atom is -0.396 e. The Morgan fingerprint density at radius 3 is 2.94 bits per heavy atom. The minimum absolute atomic E-state index is 0.360. The number of nitrogens with one attached hydrogen (secondary N) is 1. The van der Waals surface area contributed by atoms with Gasteiger partial charge in [-0.25, -0.2) is 4.98 Å². The van der Waals surface area contributed by atoms with Crippen LogP contribution in [0.2, 0.25) is 5.15 Å². The lowest BCUT2D eigenvalue weighted by atomic mass is 10.4. The van der Waals surface area contributed by atoms with E-state index in [9.17, 15) is 0 Å². The zero-order chi connectivity index (χ0) is 11.5. The number of rotatable bonds is 3. The smallest absolute Gasteiger partial charge is 0.245 e. The first-order valence-corrected chi connectivity index (χ1v) is 4.98. The summed E-state index contributed by atoms with van der Waals surface area (Å²) >= 11 is 5.74. The molecule has 0 bridgehead atoms. The second kappa shape index (κ2) is 4.36. The number of aromatic nitrogens is 3. The van der Waals surface area contributed by atoms with Crippen LogP contribution >= 0.6 is 11.6 Å². The summed E-state index contributed by atoms with van der Waals surface area (Å²) in [5.41, 5.74) is 6.22. The molecule has 0 amide bonds. The number of hydrogen-bond donors (Lipinski definition) is 2. The predicted molar refractivity (Wildman–Crippen MR) is 60.0 cm³/mol. The van der Waals surface area contributed by atoms with Gasteiger partial charge in [-0.15, -0.1) is 0 Å². The van der Waals surface area contributed by atoms with Crippen LogP contribution in [-0.2, 0) is 6.54 Å². The van der Waals surface area contributed by atoms with Crippen LogP contribution in [0.3, 0.4) is 0 Å². The molecule has 0 fully saturated rings. The number of nitrogen functional groups attached to an aromatic ring is 1. The van der Waals surface area contributed by atoms with Crippen molar-refractivity contribution >= 4 is 23.1 Å². The van der Waals surface area contributed by atoms with E-state index >= 15 is 0 Å². The fourth-order valence-corrected chi connectivity index (χ4v) is 1.31. The summed E-state index contributed by atoms with van der Waals surface area (Å²) in [5, 5.41) is 7.01. The Morgan fingerprint density at radius 1 is 1.44 bits per heavy atom.